The Labute approximate surface area is 135 Å². The van der Waals surface area contributed by atoms with Crippen molar-refractivity contribution in [1.29, 1.82) is 0 Å². The van der Waals surface area contributed by atoms with Crippen LogP contribution in [-0.2, 0) is 18.2 Å². The third-order valence-corrected chi connectivity index (χ3v) is 53.7. The molecule has 1 aliphatic rings. The summed E-state index contributed by atoms with van der Waals surface area (Å²) < 4.78 is 8.08. The molecule has 0 amide bonds. The second-order valence-electron chi connectivity index (χ2n) is 7.47. The number of nitrogens with zero attached hydrogens (tertiary/aromatic N) is 3. The van der Waals surface area contributed by atoms with Gasteiger partial charge >= 0.3 is 136 Å². The van der Waals surface area contributed by atoms with Crippen LogP contribution in [0.4, 0.5) is 0 Å². The molecule has 0 saturated heterocycles. The number of allylic oxidation sites excluding steroid dienone is 3. The Balaban J connectivity index is 3.23. The summed E-state index contributed by atoms with van der Waals surface area (Å²) in [7, 11) is 9.20. The van der Waals surface area contributed by atoms with Crippen LogP contribution in [0.3, 0.4) is 0 Å². The van der Waals surface area contributed by atoms with Gasteiger partial charge in [0.1, 0.15) is 0 Å². The van der Waals surface area contributed by atoms with Gasteiger partial charge in [-0.25, -0.2) is 0 Å². The second kappa shape index (κ2) is 6.97. The third-order valence-electron chi connectivity index (χ3n) is 3.66. The first-order chi connectivity index (χ1) is 8.99. The molecule has 3 nitrogen and oxygen atoms in total. The van der Waals surface area contributed by atoms with Gasteiger partial charge in [-0.1, -0.05) is 0 Å². The maximum absolute atomic E-state index is 2.89. The van der Waals surface area contributed by atoms with Crippen molar-refractivity contribution >= 4 is 14.1 Å². The summed E-state index contributed by atoms with van der Waals surface area (Å²) in [5, 5.41) is 0. The van der Waals surface area contributed by atoms with E-state index in [9.17, 15) is 0 Å². The number of rotatable bonds is 5. The van der Waals surface area contributed by atoms with Crippen LogP contribution >= 0.6 is 0 Å². The van der Waals surface area contributed by atoms with E-state index in [1.807, 2.05) is 0 Å². The Hall–Kier alpha value is 0.882. The van der Waals surface area contributed by atoms with Gasteiger partial charge in [0.05, 0.1) is 0 Å². The zero-order chi connectivity index (χ0) is 15.7. The fraction of sp³-hybridized carbons (Fsp3) is 0.733. The summed E-state index contributed by atoms with van der Waals surface area (Å²) in [5.74, 6) is 0. The SMILES string of the molecule is C[N](C)[Zr]([N](C)C)[Sn]([CH3])([CH3])[N](C1=CC=CC1)C(C)(C)C. The molecule has 1 aliphatic carbocycles. The van der Waals surface area contributed by atoms with Gasteiger partial charge < -0.3 is 0 Å². The van der Waals surface area contributed by atoms with Crippen LogP contribution in [0.1, 0.15) is 27.2 Å². The minimum atomic E-state index is -2.39. The summed E-state index contributed by atoms with van der Waals surface area (Å²) >= 11 is -4.13. The quantitative estimate of drug-likeness (QED) is 0.579. The predicted molar refractivity (Wildman–Crippen MR) is 88.3 cm³/mol. The van der Waals surface area contributed by atoms with Gasteiger partial charge in [-0.05, 0) is 0 Å². The molecule has 0 radical (unpaired) electrons. The molecule has 0 spiro atoms. The molecule has 0 atom stereocenters. The summed E-state index contributed by atoms with van der Waals surface area (Å²) in [6, 6.07) is 0. The Morgan fingerprint density at radius 2 is 1.55 bits per heavy atom. The molecule has 0 heterocycles. The zero-order valence-electron chi connectivity index (χ0n) is 14.8. The first-order valence-electron chi connectivity index (χ1n) is 7.37. The molecule has 0 aromatic heterocycles. The minimum absolute atomic E-state index is 0.231. The Morgan fingerprint density at radius 3 is 1.85 bits per heavy atom. The molecule has 0 saturated carbocycles. The van der Waals surface area contributed by atoms with E-state index in [1.165, 1.54) is 0 Å². The van der Waals surface area contributed by atoms with Crippen LogP contribution in [-0.4, -0.2) is 56.7 Å². The fourth-order valence-corrected chi connectivity index (χ4v) is 67.2. The van der Waals surface area contributed by atoms with Crippen LogP contribution in [0.5, 0.6) is 0 Å². The molecular formula is C15H32N3SnZr. The van der Waals surface area contributed by atoms with Crippen molar-refractivity contribution in [3.8, 4) is 0 Å². The van der Waals surface area contributed by atoms with E-state index in [0.29, 0.717) is 0 Å². The van der Waals surface area contributed by atoms with Gasteiger partial charge in [-0.3, -0.25) is 0 Å². The maximum atomic E-state index is 2.89. The van der Waals surface area contributed by atoms with Crippen LogP contribution < -0.4 is 0 Å². The Morgan fingerprint density at radius 1 is 1.05 bits per heavy atom. The average molecular weight is 464 g/mol. The first kappa shape index (κ1) is 18.9. The zero-order valence-corrected chi connectivity index (χ0v) is 20.1. The van der Waals surface area contributed by atoms with Crippen LogP contribution in [0.15, 0.2) is 23.9 Å². The predicted octanol–water partition coefficient (Wildman–Crippen LogP) is 3.20. The molecule has 5 heteroatoms. The van der Waals surface area contributed by atoms with E-state index in [-0.39, 0.29) is 5.54 Å². The second-order valence-corrected chi connectivity index (χ2v) is 51.4. The van der Waals surface area contributed by atoms with Crippen molar-refractivity contribution in [3.05, 3.63) is 23.9 Å². The van der Waals surface area contributed by atoms with E-state index in [1.54, 1.807) is 5.70 Å². The van der Waals surface area contributed by atoms with Gasteiger partial charge in [0.2, 0.25) is 0 Å². The van der Waals surface area contributed by atoms with Crippen molar-refractivity contribution < 1.29 is 18.2 Å². The van der Waals surface area contributed by atoms with E-state index in [0.717, 1.165) is 6.42 Å². The van der Waals surface area contributed by atoms with Crippen LogP contribution in [0.2, 0.25) is 9.88 Å². The average Bonchev–Trinajstić information content (AvgIpc) is 2.64. The van der Waals surface area contributed by atoms with Gasteiger partial charge in [-0.15, -0.1) is 0 Å². The summed E-state index contributed by atoms with van der Waals surface area (Å²) in [5.41, 5.74) is 1.79. The first-order valence-corrected chi connectivity index (χ1v) is 26.2. The Kier molecular flexibility index (Phi) is 6.60. The van der Waals surface area contributed by atoms with Crippen molar-refractivity contribution in [1.82, 2.24) is 8.81 Å². The standard InChI is InChI=1S/C9H14N.2C2H6N.2CH3.Sn.Zr/c1-9(2,3)10-8-6-4-5-7-8;2*1-3-2;;;;/h4-6H,7H2,1-3H3;2*1-2H3;2*1H3;;/q3*-1;;;+1;+2. The molecule has 1 rings (SSSR count). The fourth-order valence-electron chi connectivity index (χ4n) is 3.82. The number of hydrogen-bond acceptors (Lipinski definition) is 3. The summed E-state index contributed by atoms with van der Waals surface area (Å²) in [4.78, 5) is 5.29. The number of hydrogen-bond donors (Lipinski definition) is 0. The van der Waals surface area contributed by atoms with E-state index in [4.69, 9.17) is 0 Å². The molecule has 0 fully saturated rings. The van der Waals surface area contributed by atoms with Crippen molar-refractivity contribution in [3.63, 3.8) is 0 Å². The molecule has 0 aromatic carbocycles. The monoisotopic (exact) mass is 464 g/mol. The molecule has 0 bridgehead atoms. The van der Waals surface area contributed by atoms with Crippen molar-refractivity contribution in [2.24, 2.45) is 0 Å². The molecule has 20 heavy (non-hydrogen) atoms. The normalized spacial score (nSPS) is 16.1. The molecule has 115 valence electrons. The van der Waals surface area contributed by atoms with E-state index < -0.39 is 32.3 Å². The van der Waals surface area contributed by atoms with Gasteiger partial charge in [0.15, 0.2) is 0 Å². The summed E-state index contributed by atoms with van der Waals surface area (Å²) in [6.45, 7) is 7.16. The van der Waals surface area contributed by atoms with Crippen LogP contribution in [0, 0.1) is 0 Å². The topological polar surface area (TPSA) is 9.72 Å². The van der Waals surface area contributed by atoms with Crippen molar-refractivity contribution in [2.45, 2.75) is 42.6 Å². The summed E-state index contributed by atoms with van der Waals surface area (Å²) in [6.07, 6.45) is 7.99. The van der Waals surface area contributed by atoms with Gasteiger partial charge in [0.25, 0.3) is 0 Å². The molecular weight excluding hydrogens is 432 g/mol. The molecule has 0 aromatic rings. The van der Waals surface area contributed by atoms with Crippen LogP contribution in [0.25, 0.3) is 0 Å². The van der Waals surface area contributed by atoms with Gasteiger partial charge in [0, 0.05) is 0 Å². The molecule has 0 unspecified atom stereocenters. The van der Waals surface area contributed by atoms with Gasteiger partial charge in [-0.2, -0.15) is 0 Å². The Bertz CT molecular complexity index is 386. The van der Waals surface area contributed by atoms with Crippen molar-refractivity contribution in [2.75, 3.05) is 28.2 Å². The van der Waals surface area contributed by atoms with E-state index in [2.05, 4.69) is 85.9 Å². The molecule has 0 N–H and O–H groups in total. The van der Waals surface area contributed by atoms with E-state index >= 15 is 0 Å². The molecule has 0 aliphatic heterocycles. The third kappa shape index (κ3) is 4.21.